The Hall–Kier alpha value is 0.302. The Balaban J connectivity index is 0.00000144. The van der Waals surface area contributed by atoms with Crippen LogP contribution in [-0.4, -0.2) is 23.4 Å². The smallest absolute Gasteiger partial charge is 0.255 e. The summed E-state index contributed by atoms with van der Waals surface area (Å²) in [4.78, 5) is 12.4. The van der Waals surface area contributed by atoms with Gasteiger partial charge in [0.2, 0.25) is 0 Å². The first kappa shape index (κ1) is 15.4. The fourth-order valence-electron chi connectivity index (χ4n) is 1.97. The van der Waals surface area contributed by atoms with E-state index >= 15 is 0 Å². The Bertz CT molecular complexity index is 467. The number of nitrogens with zero attached hydrogens (tertiary/aromatic N) is 2. The molecule has 1 aliphatic rings. The molecule has 0 aromatic heterocycles. The summed E-state index contributed by atoms with van der Waals surface area (Å²) in [5.74, 6) is 0. The zero-order valence-electron chi connectivity index (χ0n) is 9.36. The summed E-state index contributed by atoms with van der Waals surface area (Å²) in [7, 11) is 2.00. The zero-order chi connectivity index (χ0) is 11.9. The molecular formula is C10H11AcBrN3O2-. The molecular weight excluding hydrogens is 501 g/mol. The number of likely N-dealkylation sites (N-methyl/N-ethyl adjacent to an activating group) is 1. The van der Waals surface area contributed by atoms with E-state index in [9.17, 15) is 10.1 Å². The first-order chi connectivity index (χ1) is 7.50. The van der Waals surface area contributed by atoms with Crippen molar-refractivity contribution in [1.82, 2.24) is 4.90 Å². The molecule has 0 amide bonds. The Morgan fingerprint density at radius 3 is 2.76 bits per heavy atom. The van der Waals surface area contributed by atoms with Gasteiger partial charge in [0.05, 0.1) is 4.92 Å². The van der Waals surface area contributed by atoms with Crippen molar-refractivity contribution in [3.05, 3.63) is 37.5 Å². The molecule has 0 aliphatic carbocycles. The van der Waals surface area contributed by atoms with Gasteiger partial charge in [-0.3, -0.25) is 10.1 Å². The third kappa shape index (κ3) is 3.01. The van der Waals surface area contributed by atoms with Gasteiger partial charge < -0.3 is 10.6 Å². The van der Waals surface area contributed by atoms with Crippen LogP contribution >= 0.6 is 15.9 Å². The Morgan fingerprint density at radius 2 is 2.18 bits per heavy atom. The molecule has 0 saturated carbocycles. The molecule has 1 radical (unpaired) electrons. The maximum Gasteiger partial charge on any atom is 0.255 e. The van der Waals surface area contributed by atoms with Gasteiger partial charge in [-0.05, 0) is 24.6 Å². The van der Waals surface area contributed by atoms with Gasteiger partial charge in [-0.25, -0.2) is 0 Å². The second kappa shape index (κ2) is 5.96. The van der Waals surface area contributed by atoms with Crippen LogP contribution in [0.5, 0.6) is 0 Å². The van der Waals surface area contributed by atoms with E-state index in [0.717, 1.165) is 28.7 Å². The maximum absolute atomic E-state index is 10.8. The molecule has 1 aliphatic heterocycles. The minimum absolute atomic E-state index is 0. The Labute approximate surface area is 144 Å². The topological polar surface area (TPSA) is 70.2 Å². The average Bonchev–Trinajstić information content (AvgIpc) is 2.22. The fraction of sp³-hybridized carbons (Fsp3) is 0.400. The molecule has 0 fully saturated rings. The van der Waals surface area contributed by atoms with Gasteiger partial charge in [0.25, 0.3) is 5.69 Å². The number of nitro benzene ring substituents is 1. The summed E-state index contributed by atoms with van der Waals surface area (Å²) < 4.78 is 0.733. The van der Waals surface area contributed by atoms with Gasteiger partial charge >= 0.3 is 0 Å². The first-order valence-electron chi connectivity index (χ1n) is 4.89. The number of nitrogens with one attached hydrogen (secondary N) is 1. The van der Waals surface area contributed by atoms with Crippen LogP contribution < -0.4 is 0 Å². The molecule has 0 atom stereocenters. The Morgan fingerprint density at radius 1 is 1.53 bits per heavy atom. The molecule has 89 valence electrons. The number of hydrogen-bond donors (Lipinski definition) is 0. The molecule has 1 aromatic rings. The molecule has 0 spiro atoms. The monoisotopic (exact) mass is 511 g/mol. The van der Waals surface area contributed by atoms with Crippen molar-refractivity contribution in [2.75, 3.05) is 13.6 Å². The number of fused-ring (bicyclic) bond motifs is 1. The molecule has 1 aromatic carbocycles. The van der Waals surface area contributed by atoms with Crippen molar-refractivity contribution in [2.24, 2.45) is 0 Å². The van der Waals surface area contributed by atoms with E-state index in [4.69, 9.17) is 5.73 Å². The van der Waals surface area contributed by atoms with Crippen LogP contribution in [0, 0.1) is 54.2 Å². The zero-order valence-corrected chi connectivity index (χ0v) is 15.7. The molecule has 0 saturated heterocycles. The maximum atomic E-state index is 10.8. The summed E-state index contributed by atoms with van der Waals surface area (Å²) in [6.07, 6.45) is 0.699. The predicted octanol–water partition coefficient (Wildman–Crippen LogP) is 3.03. The predicted molar refractivity (Wildman–Crippen MR) is 64.8 cm³/mol. The van der Waals surface area contributed by atoms with E-state index < -0.39 is 4.92 Å². The summed E-state index contributed by atoms with van der Waals surface area (Å²) in [5.41, 5.74) is 9.60. The minimum atomic E-state index is -0.494. The van der Waals surface area contributed by atoms with Gasteiger partial charge in [-0.15, -0.1) is 0 Å². The van der Waals surface area contributed by atoms with Gasteiger partial charge in [0, 0.05) is 67.7 Å². The van der Waals surface area contributed by atoms with Gasteiger partial charge in [-0.1, -0.05) is 21.6 Å². The summed E-state index contributed by atoms with van der Waals surface area (Å²) >= 11 is 3.35. The summed E-state index contributed by atoms with van der Waals surface area (Å²) in [6.45, 7) is 1.58. The average molecular weight is 512 g/mol. The second-order valence-electron chi connectivity index (χ2n) is 3.95. The van der Waals surface area contributed by atoms with Crippen LogP contribution in [0.2, 0.25) is 0 Å². The van der Waals surface area contributed by atoms with E-state index in [0.29, 0.717) is 6.42 Å². The van der Waals surface area contributed by atoms with Crippen molar-refractivity contribution in [3.63, 3.8) is 0 Å². The molecule has 0 unspecified atom stereocenters. The number of benzene rings is 1. The summed E-state index contributed by atoms with van der Waals surface area (Å²) in [5, 5.41) is 10.8. The number of hydrogen-bond acceptors (Lipinski definition) is 3. The largest absolute Gasteiger partial charge is 0.693 e. The minimum Gasteiger partial charge on any atom is -0.693 e. The Kier molecular flexibility index (Phi) is 5.39. The standard InChI is InChI=1S/C10H11BrN3O2.Ac/c1-13-3-2-6-7(5-13)8(11)4-9(10(6)12)14(15)16;/h4,12H,2-3,5H2,1H3;/q-1;. The van der Waals surface area contributed by atoms with Crippen LogP contribution in [0.3, 0.4) is 0 Å². The van der Waals surface area contributed by atoms with Crippen LogP contribution in [-0.2, 0) is 13.0 Å². The molecule has 5 nitrogen and oxygen atoms in total. The third-order valence-electron chi connectivity index (χ3n) is 2.84. The fourth-order valence-corrected chi connectivity index (χ4v) is 2.55. The van der Waals surface area contributed by atoms with Crippen LogP contribution in [0.15, 0.2) is 10.5 Å². The van der Waals surface area contributed by atoms with Crippen molar-refractivity contribution in [2.45, 2.75) is 13.0 Å². The number of halogens is 1. The second-order valence-corrected chi connectivity index (χ2v) is 4.81. The first-order valence-corrected chi connectivity index (χ1v) is 5.68. The van der Waals surface area contributed by atoms with Crippen molar-refractivity contribution < 1.29 is 49.0 Å². The van der Waals surface area contributed by atoms with E-state index in [1.165, 1.54) is 6.07 Å². The van der Waals surface area contributed by atoms with Crippen LogP contribution in [0.4, 0.5) is 11.4 Å². The molecule has 2 rings (SSSR count). The van der Waals surface area contributed by atoms with Crippen molar-refractivity contribution in [3.8, 4) is 0 Å². The third-order valence-corrected chi connectivity index (χ3v) is 3.55. The quantitative estimate of drug-likeness (QED) is 0.430. The molecule has 0 bridgehead atoms. The van der Waals surface area contributed by atoms with Gasteiger partial charge in [0.15, 0.2) is 0 Å². The summed E-state index contributed by atoms with van der Waals surface area (Å²) in [6, 6.07) is 1.43. The molecule has 17 heavy (non-hydrogen) atoms. The number of rotatable bonds is 1. The van der Waals surface area contributed by atoms with E-state index in [2.05, 4.69) is 20.8 Å². The molecule has 1 N–H and O–H groups in total. The van der Waals surface area contributed by atoms with E-state index in [1.54, 1.807) is 0 Å². The van der Waals surface area contributed by atoms with Gasteiger partial charge in [0.1, 0.15) is 0 Å². The molecule has 1 heterocycles. The van der Waals surface area contributed by atoms with Crippen molar-refractivity contribution >= 4 is 27.3 Å². The van der Waals surface area contributed by atoms with Crippen LogP contribution in [0.25, 0.3) is 5.73 Å². The normalized spacial score (nSPS) is 14.9. The molecule has 7 heteroatoms. The van der Waals surface area contributed by atoms with Gasteiger partial charge in [-0.2, -0.15) is 0 Å². The van der Waals surface area contributed by atoms with E-state index in [1.807, 2.05) is 7.05 Å². The van der Waals surface area contributed by atoms with E-state index in [-0.39, 0.29) is 55.4 Å². The number of nitro groups is 1. The SMILES string of the molecule is CN1CCc2c([NH-])c([N+](=O)[O-])cc(Br)c2C1.[Ac]. The van der Waals surface area contributed by atoms with Crippen LogP contribution in [0.1, 0.15) is 11.1 Å². The van der Waals surface area contributed by atoms with Crippen molar-refractivity contribution in [1.29, 1.82) is 0 Å².